The third-order valence-corrected chi connectivity index (χ3v) is 11.9. The Labute approximate surface area is 379 Å². The number of nitrogens with one attached hydrogen (secondary N) is 2. The van der Waals surface area contributed by atoms with Crippen LogP contribution in [0.3, 0.4) is 0 Å². The van der Waals surface area contributed by atoms with Gasteiger partial charge in [0.05, 0.1) is 14.2 Å². The van der Waals surface area contributed by atoms with E-state index in [1.807, 2.05) is 12.1 Å². The molecule has 2 heterocycles. The first-order valence-electron chi connectivity index (χ1n) is 21.3. The molecule has 14 nitrogen and oxygen atoms in total. The van der Waals surface area contributed by atoms with Crippen LogP contribution in [-0.2, 0) is 54.3 Å². The zero-order chi connectivity index (χ0) is 46.5. The average molecular weight is 885 g/mol. The van der Waals surface area contributed by atoms with E-state index in [-0.39, 0.29) is 58.7 Å². The van der Waals surface area contributed by atoms with Crippen molar-refractivity contribution in [2.75, 3.05) is 14.2 Å². The van der Waals surface area contributed by atoms with Gasteiger partial charge < -0.3 is 20.1 Å². The first-order chi connectivity index (χ1) is 32.0. The maximum Gasteiger partial charge on any atom is 0.328 e. The van der Waals surface area contributed by atoms with Crippen LogP contribution < -0.4 is 10.6 Å². The van der Waals surface area contributed by atoms with Crippen molar-refractivity contribution in [3.63, 3.8) is 0 Å². The molecule has 6 aromatic carbocycles. The van der Waals surface area contributed by atoms with Crippen LogP contribution >= 0.6 is 0 Å². The van der Waals surface area contributed by atoms with Crippen LogP contribution in [-0.4, -0.2) is 95.6 Å². The van der Waals surface area contributed by atoms with Gasteiger partial charge in [-0.25, -0.2) is 9.59 Å². The Balaban J connectivity index is 1.15. The summed E-state index contributed by atoms with van der Waals surface area (Å²) in [5.41, 5.74) is 2.53. The molecular weight excluding hydrogens is 841 g/mol. The molecule has 2 aliphatic heterocycles. The van der Waals surface area contributed by atoms with Gasteiger partial charge >= 0.3 is 11.9 Å². The van der Waals surface area contributed by atoms with Crippen LogP contribution in [0.1, 0.15) is 63.7 Å². The Bertz CT molecular complexity index is 2610. The smallest absolute Gasteiger partial charge is 0.328 e. The summed E-state index contributed by atoms with van der Waals surface area (Å²) in [6.07, 6.45) is -0.0905. The molecule has 0 unspecified atom stereocenters. The van der Waals surface area contributed by atoms with E-state index in [9.17, 15) is 38.4 Å². The topological polar surface area (TPSA) is 186 Å². The van der Waals surface area contributed by atoms with Crippen LogP contribution in [0.5, 0.6) is 0 Å². The Morgan fingerprint density at radius 1 is 0.409 bits per heavy atom. The van der Waals surface area contributed by atoms with Gasteiger partial charge in [0.1, 0.15) is 24.2 Å². The van der Waals surface area contributed by atoms with Crippen molar-refractivity contribution in [3.8, 4) is 0 Å². The second-order valence-electron chi connectivity index (χ2n) is 16.0. The zero-order valence-electron chi connectivity index (χ0n) is 36.0. The van der Waals surface area contributed by atoms with Crippen molar-refractivity contribution >= 4 is 58.2 Å². The highest BCUT2D eigenvalue weighted by atomic mass is 16.5. The SMILES string of the molecule is COC(=O)[C@@H](Cc1ccccc1)NC(=O)[C@@H](Cc1ccccc1)N1C(=O)c2ccc3c4c(ccc(c24)C1=O)C(=O)N([C@H](Cc1ccccc1)C(=O)N[C@H](Cc1ccccc1)C(=O)OC)C3=O. The number of esters is 2. The lowest BCUT2D eigenvalue weighted by atomic mass is 9.84. The number of carbonyl (C=O) groups excluding carboxylic acids is 8. The fourth-order valence-electron chi connectivity index (χ4n) is 8.66. The van der Waals surface area contributed by atoms with E-state index in [1.165, 1.54) is 38.5 Å². The second kappa shape index (κ2) is 19.2. The molecule has 0 radical (unpaired) electrons. The number of amides is 6. The van der Waals surface area contributed by atoms with Crippen molar-refractivity contribution in [1.82, 2.24) is 20.4 Å². The van der Waals surface area contributed by atoms with E-state index in [2.05, 4.69) is 10.6 Å². The Hall–Kier alpha value is -8.26. The number of hydrogen-bond donors (Lipinski definition) is 2. The summed E-state index contributed by atoms with van der Waals surface area (Å²) in [4.78, 5) is 116. The molecule has 2 aliphatic rings. The summed E-state index contributed by atoms with van der Waals surface area (Å²) in [7, 11) is 2.39. The highest BCUT2D eigenvalue weighted by Gasteiger charge is 2.46. The summed E-state index contributed by atoms with van der Waals surface area (Å²) >= 11 is 0. The molecule has 0 aliphatic carbocycles. The number of nitrogens with zero attached hydrogens (tertiary/aromatic N) is 2. The average Bonchev–Trinajstić information content (AvgIpc) is 3.34. The molecule has 66 heavy (non-hydrogen) atoms. The lowest BCUT2D eigenvalue weighted by Gasteiger charge is -2.37. The molecular formula is C52H44N4O10. The quantitative estimate of drug-likeness (QED) is 0.0985. The van der Waals surface area contributed by atoms with Crippen LogP contribution in [0.25, 0.3) is 10.8 Å². The highest BCUT2D eigenvalue weighted by Crippen LogP contribution is 2.39. The molecule has 0 spiro atoms. The summed E-state index contributed by atoms with van der Waals surface area (Å²) < 4.78 is 10.1. The van der Waals surface area contributed by atoms with Crippen LogP contribution in [0, 0.1) is 0 Å². The molecule has 0 bridgehead atoms. The minimum absolute atomic E-state index is 0.0423. The summed E-state index contributed by atoms with van der Waals surface area (Å²) in [5, 5.41) is 5.56. The molecule has 0 aromatic heterocycles. The number of imide groups is 2. The third kappa shape index (κ3) is 8.80. The molecule has 4 atom stereocenters. The monoisotopic (exact) mass is 884 g/mol. The van der Waals surface area contributed by atoms with Gasteiger partial charge in [0.15, 0.2) is 0 Å². The maximum absolute atomic E-state index is 14.7. The standard InChI is InChI=1S/C52H44N4O10/c1-65-51(63)39(27-31-15-7-3-8-16-31)53-45(57)41(29-33-19-11-5-12-20-33)55-47(59)35-23-25-37-44-38(26-24-36(43(35)44)48(55)60)50(62)56(49(37)61)42(30-34-21-13-6-14-22-34)46(58)54-40(52(64)66-2)28-32-17-9-4-10-18-32/h3-26,39-42H,27-30H2,1-2H3,(H,53,57)(H,54,58)/t39-,40-,41-,42-/m1/s1. The first kappa shape index (κ1) is 44.4. The van der Waals surface area contributed by atoms with E-state index in [4.69, 9.17) is 9.47 Å². The van der Waals surface area contributed by atoms with Gasteiger partial charge in [-0.2, -0.15) is 0 Å². The molecule has 0 fully saturated rings. The summed E-state index contributed by atoms with van der Waals surface area (Å²) in [6.45, 7) is 0. The molecule has 0 saturated carbocycles. The fourth-order valence-corrected chi connectivity index (χ4v) is 8.66. The van der Waals surface area contributed by atoms with Crippen molar-refractivity contribution in [2.45, 2.75) is 49.9 Å². The number of carbonyl (C=O) groups is 8. The normalized spacial score (nSPS) is 14.8. The third-order valence-electron chi connectivity index (χ3n) is 11.9. The Kier molecular flexibility index (Phi) is 12.9. The van der Waals surface area contributed by atoms with Gasteiger partial charge in [-0.05, 0) is 46.5 Å². The Morgan fingerprint density at radius 3 is 0.924 bits per heavy atom. The summed E-state index contributed by atoms with van der Waals surface area (Å²) in [5.74, 6) is -6.47. The van der Waals surface area contributed by atoms with Gasteiger partial charge in [-0.15, -0.1) is 0 Å². The van der Waals surface area contributed by atoms with Gasteiger partial charge in [-0.3, -0.25) is 38.6 Å². The molecule has 6 amide bonds. The number of rotatable bonds is 16. The minimum Gasteiger partial charge on any atom is -0.467 e. The molecule has 332 valence electrons. The molecule has 6 aromatic rings. The van der Waals surface area contributed by atoms with Crippen molar-refractivity contribution < 1.29 is 47.8 Å². The van der Waals surface area contributed by atoms with E-state index >= 15 is 0 Å². The summed E-state index contributed by atoms with van der Waals surface area (Å²) in [6, 6.07) is 35.7. The van der Waals surface area contributed by atoms with E-state index in [0.717, 1.165) is 20.9 Å². The number of methoxy groups -OCH3 is 2. The number of benzene rings is 6. The van der Waals surface area contributed by atoms with Crippen molar-refractivity contribution in [2.24, 2.45) is 0 Å². The van der Waals surface area contributed by atoms with Crippen molar-refractivity contribution in [3.05, 3.63) is 190 Å². The van der Waals surface area contributed by atoms with E-state index < -0.39 is 71.5 Å². The molecule has 2 N–H and O–H groups in total. The van der Waals surface area contributed by atoms with Crippen LogP contribution in [0.15, 0.2) is 146 Å². The maximum atomic E-state index is 14.7. The van der Waals surface area contributed by atoms with E-state index in [1.54, 1.807) is 109 Å². The lowest BCUT2D eigenvalue weighted by Crippen LogP contribution is -2.58. The van der Waals surface area contributed by atoms with Crippen molar-refractivity contribution in [1.29, 1.82) is 0 Å². The van der Waals surface area contributed by atoms with Gasteiger partial charge in [0, 0.05) is 58.7 Å². The van der Waals surface area contributed by atoms with E-state index in [0.29, 0.717) is 11.1 Å². The second-order valence-corrected chi connectivity index (χ2v) is 16.0. The van der Waals surface area contributed by atoms with Gasteiger partial charge in [0.25, 0.3) is 23.6 Å². The Morgan fingerprint density at radius 2 is 0.667 bits per heavy atom. The molecule has 8 rings (SSSR count). The van der Waals surface area contributed by atoms with Gasteiger partial charge in [-0.1, -0.05) is 121 Å². The lowest BCUT2D eigenvalue weighted by molar-refractivity contribution is -0.145. The van der Waals surface area contributed by atoms with Crippen LogP contribution in [0.4, 0.5) is 0 Å². The fraction of sp³-hybridized carbons (Fsp3) is 0.192. The largest absolute Gasteiger partial charge is 0.467 e. The van der Waals surface area contributed by atoms with Gasteiger partial charge in [0.2, 0.25) is 11.8 Å². The number of hydrogen-bond acceptors (Lipinski definition) is 10. The highest BCUT2D eigenvalue weighted by molar-refractivity contribution is 6.34. The molecule has 14 heteroatoms. The first-order valence-corrected chi connectivity index (χ1v) is 21.3. The number of ether oxygens (including phenoxy) is 2. The predicted molar refractivity (Wildman–Crippen MR) is 241 cm³/mol. The van der Waals surface area contributed by atoms with Crippen LogP contribution in [0.2, 0.25) is 0 Å². The predicted octanol–water partition coefficient (Wildman–Crippen LogP) is 5.06. The zero-order valence-corrected chi connectivity index (χ0v) is 36.0. The molecule has 0 saturated heterocycles. The minimum atomic E-state index is -1.46.